The number of carbonyl (C=O) groups excluding carboxylic acids is 2. The SMILES string of the molecule is CCN(CC)Cc1ccc(CNC(=O)CNC(=O)c2ccc(Cl)cc2)cc1. The maximum absolute atomic E-state index is 12.0. The lowest BCUT2D eigenvalue weighted by Crippen LogP contribution is -2.36. The number of carbonyl (C=O) groups is 2. The van der Waals surface area contributed by atoms with Gasteiger partial charge in [0, 0.05) is 23.7 Å². The molecule has 0 aliphatic rings. The van der Waals surface area contributed by atoms with Crippen molar-refractivity contribution in [2.24, 2.45) is 0 Å². The van der Waals surface area contributed by atoms with Gasteiger partial charge in [0.1, 0.15) is 0 Å². The predicted octanol–water partition coefficient (Wildman–Crippen LogP) is 3.23. The maximum atomic E-state index is 12.0. The highest BCUT2D eigenvalue weighted by molar-refractivity contribution is 6.30. The molecule has 0 aliphatic carbocycles. The average molecular weight is 388 g/mol. The molecule has 2 amide bonds. The van der Waals surface area contributed by atoms with Crippen LogP contribution in [0.25, 0.3) is 0 Å². The Morgan fingerprint density at radius 3 is 2.07 bits per heavy atom. The summed E-state index contributed by atoms with van der Waals surface area (Å²) in [5.41, 5.74) is 2.75. The zero-order valence-corrected chi connectivity index (χ0v) is 16.6. The van der Waals surface area contributed by atoms with Gasteiger partial charge in [-0.15, -0.1) is 0 Å². The molecular formula is C21H26ClN3O2. The summed E-state index contributed by atoms with van der Waals surface area (Å²) >= 11 is 5.79. The van der Waals surface area contributed by atoms with E-state index in [0.29, 0.717) is 17.1 Å². The summed E-state index contributed by atoms with van der Waals surface area (Å²) in [6.07, 6.45) is 0. The van der Waals surface area contributed by atoms with Crippen LogP contribution in [0.4, 0.5) is 0 Å². The standard InChI is InChI=1S/C21H26ClN3O2/c1-3-25(4-2)15-17-7-5-16(6-8-17)13-23-20(26)14-24-21(27)18-9-11-19(22)12-10-18/h5-12H,3-4,13-15H2,1-2H3,(H,23,26)(H,24,27). The number of hydrogen-bond acceptors (Lipinski definition) is 3. The molecule has 0 atom stereocenters. The van der Waals surface area contributed by atoms with E-state index in [0.717, 1.165) is 25.2 Å². The summed E-state index contributed by atoms with van der Waals surface area (Å²) in [6, 6.07) is 14.7. The topological polar surface area (TPSA) is 61.4 Å². The van der Waals surface area contributed by atoms with Crippen molar-refractivity contribution in [1.82, 2.24) is 15.5 Å². The first-order chi connectivity index (χ1) is 13.0. The third kappa shape index (κ3) is 7.04. The summed E-state index contributed by atoms with van der Waals surface area (Å²) in [7, 11) is 0. The normalized spacial score (nSPS) is 10.7. The Morgan fingerprint density at radius 2 is 1.48 bits per heavy atom. The van der Waals surface area contributed by atoms with Gasteiger partial charge >= 0.3 is 0 Å². The average Bonchev–Trinajstić information content (AvgIpc) is 2.70. The molecule has 5 nitrogen and oxygen atoms in total. The molecule has 0 aromatic heterocycles. The largest absolute Gasteiger partial charge is 0.350 e. The van der Waals surface area contributed by atoms with Crippen LogP contribution in [0.3, 0.4) is 0 Å². The molecular weight excluding hydrogens is 362 g/mol. The van der Waals surface area contributed by atoms with Crippen molar-refractivity contribution in [3.05, 3.63) is 70.2 Å². The lowest BCUT2D eigenvalue weighted by Gasteiger charge is -2.18. The van der Waals surface area contributed by atoms with Crippen LogP contribution >= 0.6 is 11.6 Å². The molecule has 0 heterocycles. The Kier molecular flexibility index (Phi) is 8.30. The van der Waals surface area contributed by atoms with Crippen LogP contribution in [0.15, 0.2) is 48.5 Å². The molecule has 0 saturated heterocycles. The monoisotopic (exact) mass is 387 g/mol. The molecule has 0 fully saturated rings. The van der Waals surface area contributed by atoms with Gasteiger partial charge < -0.3 is 10.6 Å². The van der Waals surface area contributed by atoms with E-state index in [-0.39, 0.29) is 18.4 Å². The Balaban J connectivity index is 1.75. The lowest BCUT2D eigenvalue weighted by molar-refractivity contribution is -0.120. The number of nitrogens with zero attached hydrogens (tertiary/aromatic N) is 1. The van der Waals surface area contributed by atoms with Crippen molar-refractivity contribution < 1.29 is 9.59 Å². The van der Waals surface area contributed by atoms with Gasteiger partial charge in [-0.2, -0.15) is 0 Å². The smallest absolute Gasteiger partial charge is 0.251 e. The van der Waals surface area contributed by atoms with Crippen LogP contribution in [0.5, 0.6) is 0 Å². The third-order valence-electron chi connectivity index (χ3n) is 4.33. The van der Waals surface area contributed by atoms with Crippen molar-refractivity contribution in [2.75, 3.05) is 19.6 Å². The summed E-state index contributed by atoms with van der Waals surface area (Å²) in [6.45, 7) is 7.64. The van der Waals surface area contributed by atoms with E-state index >= 15 is 0 Å². The fourth-order valence-corrected chi connectivity index (χ4v) is 2.72. The quantitative estimate of drug-likeness (QED) is 0.694. The van der Waals surface area contributed by atoms with E-state index in [2.05, 4.69) is 41.5 Å². The number of hydrogen-bond donors (Lipinski definition) is 2. The molecule has 0 unspecified atom stereocenters. The second-order valence-electron chi connectivity index (χ2n) is 6.24. The first-order valence-corrected chi connectivity index (χ1v) is 9.50. The number of nitrogens with one attached hydrogen (secondary N) is 2. The van der Waals surface area contributed by atoms with Gasteiger partial charge in [0.2, 0.25) is 5.91 Å². The highest BCUT2D eigenvalue weighted by Gasteiger charge is 2.08. The zero-order valence-electron chi connectivity index (χ0n) is 15.8. The van der Waals surface area contributed by atoms with Gasteiger partial charge in [0.15, 0.2) is 0 Å². The second-order valence-corrected chi connectivity index (χ2v) is 6.68. The van der Waals surface area contributed by atoms with E-state index in [4.69, 9.17) is 11.6 Å². The fraction of sp³-hybridized carbons (Fsp3) is 0.333. The summed E-state index contributed by atoms with van der Waals surface area (Å²) in [4.78, 5) is 26.3. The Bertz CT molecular complexity index is 741. The van der Waals surface area contributed by atoms with Crippen molar-refractivity contribution in [2.45, 2.75) is 26.9 Å². The van der Waals surface area contributed by atoms with Gasteiger partial charge in [-0.25, -0.2) is 0 Å². The Labute approximate surface area is 165 Å². The molecule has 0 saturated carbocycles. The van der Waals surface area contributed by atoms with Gasteiger partial charge in [0.05, 0.1) is 6.54 Å². The summed E-state index contributed by atoms with van der Waals surface area (Å²) in [5.74, 6) is -0.535. The first kappa shape index (κ1) is 20.9. The van der Waals surface area contributed by atoms with E-state index in [1.807, 2.05) is 12.1 Å². The maximum Gasteiger partial charge on any atom is 0.251 e. The molecule has 0 bridgehead atoms. The number of rotatable bonds is 9. The van der Waals surface area contributed by atoms with Gasteiger partial charge in [-0.3, -0.25) is 14.5 Å². The molecule has 0 aliphatic heterocycles. The van der Waals surface area contributed by atoms with Crippen molar-refractivity contribution in [1.29, 1.82) is 0 Å². The fourth-order valence-electron chi connectivity index (χ4n) is 2.59. The molecule has 2 N–H and O–H groups in total. The second kappa shape index (κ2) is 10.7. The third-order valence-corrected chi connectivity index (χ3v) is 4.58. The number of benzene rings is 2. The van der Waals surface area contributed by atoms with Crippen LogP contribution < -0.4 is 10.6 Å². The number of halogens is 1. The van der Waals surface area contributed by atoms with Crippen molar-refractivity contribution in [3.63, 3.8) is 0 Å². The van der Waals surface area contributed by atoms with Crippen LogP contribution in [0, 0.1) is 0 Å². The van der Waals surface area contributed by atoms with E-state index in [9.17, 15) is 9.59 Å². The van der Waals surface area contributed by atoms with E-state index in [1.165, 1.54) is 5.56 Å². The van der Waals surface area contributed by atoms with Gasteiger partial charge in [-0.05, 0) is 48.5 Å². The molecule has 6 heteroatoms. The van der Waals surface area contributed by atoms with Crippen LogP contribution in [-0.4, -0.2) is 36.3 Å². The predicted molar refractivity (Wildman–Crippen MR) is 109 cm³/mol. The van der Waals surface area contributed by atoms with Crippen LogP contribution in [0.1, 0.15) is 35.3 Å². The first-order valence-electron chi connectivity index (χ1n) is 9.12. The van der Waals surface area contributed by atoms with Crippen LogP contribution in [-0.2, 0) is 17.9 Å². The highest BCUT2D eigenvalue weighted by Crippen LogP contribution is 2.09. The molecule has 0 radical (unpaired) electrons. The molecule has 2 aromatic carbocycles. The van der Waals surface area contributed by atoms with Crippen molar-refractivity contribution >= 4 is 23.4 Å². The lowest BCUT2D eigenvalue weighted by atomic mass is 10.1. The van der Waals surface area contributed by atoms with E-state index in [1.54, 1.807) is 24.3 Å². The van der Waals surface area contributed by atoms with Gasteiger partial charge in [0.25, 0.3) is 5.91 Å². The Morgan fingerprint density at radius 1 is 0.889 bits per heavy atom. The summed E-state index contributed by atoms with van der Waals surface area (Å²) < 4.78 is 0. The molecule has 144 valence electrons. The minimum Gasteiger partial charge on any atom is -0.350 e. The molecule has 0 spiro atoms. The van der Waals surface area contributed by atoms with Gasteiger partial charge in [-0.1, -0.05) is 49.7 Å². The number of amides is 2. The highest BCUT2D eigenvalue weighted by atomic mass is 35.5. The molecule has 2 aromatic rings. The zero-order chi connectivity index (χ0) is 19.6. The minimum absolute atomic E-state index is 0.0680. The minimum atomic E-state index is -0.303. The van der Waals surface area contributed by atoms with E-state index < -0.39 is 0 Å². The Hall–Kier alpha value is -2.37. The molecule has 2 rings (SSSR count). The van der Waals surface area contributed by atoms with Crippen LogP contribution in [0.2, 0.25) is 5.02 Å². The molecule has 27 heavy (non-hydrogen) atoms. The van der Waals surface area contributed by atoms with Crippen molar-refractivity contribution in [3.8, 4) is 0 Å². The summed E-state index contributed by atoms with van der Waals surface area (Å²) in [5, 5.41) is 5.97.